The van der Waals surface area contributed by atoms with Crippen molar-refractivity contribution >= 4 is 23.1 Å². The summed E-state index contributed by atoms with van der Waals surface area (Å²) >= 11 is 0. The molecule has 170 valence electrons. The van der Waals surface area contributed by atoms with Crippen LogP contribution in [0.5, 0.6) is 5.75 Å². The van der Waals surface area contributed by atoms with Crippen molar-refractivity contribution in [3.8, 4) is 5.75 Å². The number of ether oxygens (including phenoxy) is 1. The molecule has 1 amide bonds. The van der Waals surface area contributed by atoms with E-state index in [4.69, 9.17) is 4.74 Å². The van der Waals surface area contributed by atoms with Crippen LogP contribution in [0.3, 0.4) is 0 Å². The molecule has 0 bridgehead atoms. The Labute approximate surface area is 198 Å². The van der Waals surface area contributed by atoms with Crippen LogP contribution in [-0.4, -0.2) is 22.8 Å². The second kappa shape index (κ2) is 9.27. The number of nitrogens with one attached hydrogen (secondary N) is 2. The second-order valence-electron chi connectivity index (χ2n) is 8.15. The van der Waals surface area contributed by atoms with Gasteiger partial charge in [-0.2, -0.15) is 5.10 Å². The van der Waals surface area contributed by atoms with Gasteiger partial charge in [-0.25, -0.2) is 4.68 Å². The number of allylic oxidation sites excluding steroid dienone is 1. The van der Waals surface area contributed by atoms with Crippen molar-refractivity contribution < 1.29 is 9.53 Å². The maximum absolute atomic E-state index is 13.2. The van der Waals surface area contributed by atoms with Crippen molar-refractivity contribution in [1.29, 1.82) is 0 Å². The predicted molar refractivity (Wildman–Crippen MR) is 135 cm³/mol. The van der Waals surface area contributed by atoms with Crippen molar-refractivity contribution in [3.63, 3.8) is 0 Å². The van der Waals surface area contributed by atoms with Gasteiger partial charge in [-0.05, 0) is 53.5 Å². The summed E-state index contributed by atoms with van der Waals surface area (Å²) in [7, 11) is 1.65. The van der Waals surface area contributed by atoms with Crippen LogP contribution in [0.1, 0.15) is 40.0 Å². The Morgan fingerprint density at radius 3 is 2.44 bits per heavy atom. The molecule has 6 nitrogen and oxygen atoms in total. The summed E-state index contributed by atoms with van der Waals surface area (Å²) in [6.45, 7) is 2.14. The van der Waals surface area contributed by atoms with E-state index in [-0.39, 0.29) is 11.9 Å². The first-order valence-electron chi connectivity index (χ1n) is 11.3. The van der Waals surface area contributed by atoms with E-state index < -0.39 is 0 Å². The largest absolute Gasteiger partial charge is 0.497 e. The second-order valence-corrected chi connectivity index (χ2v) is 8.15. The Kier molecular flexibility index (Phi) is 5.87. The third kappa shape index (κ3) is 4.18. The molecule has 1 aromatic heterocycles. The number of aromatic nitrogens is 2. The first-order chi connectivity index (χ1) is 16.7. The fourth-order valence-electron chi connectivity index (χ4n) is 4.11. The lowest BCUT2D eigenvalue weighted by molar-refractivity contribution is 0.102. The molecule has 0 saturated carbocycles. The summed E-state index contributed by atoms with van der Waals surface area (Å²) in [6, 6.07) is 25.7. The van der Waals surface area contributed by atoms with Crippen LogP contribution < -0.4 is 15.4 Å². The molecule has 1 aliphatic rings. The van der Waals surface area contributed by atoms with Crippen molar-refractivity contribution in [2.45, 2.75) is 19.4 Å². The van der Waals surface area contributed by atoms with Gasteiger partial charge < -0.3 is 15.4 Å². The highest BCUT2D eigenvalue weighted by molar-refractivity contribution is 6.08. The Morgan fingerprint density at radius 1 is 1.03 bits per heavy atom. The highest BCUT2D eigenvalue weighted by Crippen LogP contribution is 2.36. The summed E-state index contributed by atoms with van der Waals surface area (Å²) in [5.74, 6) is 1.24. The van der Waals surface area contributed by atoms with Crippen LogP contribution >= 0.6 is 0 Å². The first-order valence-corrected chi connectivity index (χ1v) is 11.3. The normalized spacial score (nSPS) is 14.5. The molecule has 0 aliphatic carbocycles. The van der Waals surface area contributed by atoms with Crippen LogP contribution in [0, 0.1) is 0 Å². The van der Waals surface area contributed by atoms with E-state index in [2.05, 4.69) is 53.0 Å². The molecule has 3 aromatic carbocycles. The van der Waals surface area contributed by atoms with Crippen LogP contribution in [0.4, 0.5) is 11.5 Å². The van der Waals surface area contributed by atoms with E-state index in [1.165, 1.54) is 5.56 Å². The quantitative estimate of drug-likeness (QED) is 0.392. The molecule has 34 heavy (non-hydrogen) atoms. The molecule has 0 unspecified atom stereocenters. The number of amides is 1. The summed E-state index contributed by atoms with van der Waals surface area (Å²) in [4.78, 5) is 13.2. The van der Waals surface area contributed by atoms with Gasteiger partial charge in [0, 0.05) is 11.4 Å². The van der Waals surface area contributed by atoms with E-state index in [9.17, 15) is 4.79 Å². The minimum atomic E-state index is -0.212. The lowest BCUT2D eigenvalue weighted by Crippen LogP contribution is -2.22. The van der Waals surface area contributed by atoms with Crippen molar-refractivity contribution in [2.24, 2.45) is 0 Å². The van der Waals surface area contributed by atoms with E-state index in [0.29, 0.717) is 11.4 Å². The molecule has 6 heteroatoms. The lowest BCUT2D eigenvalue weighted by Gasteiger charge is -2.26. The average Bonchev–Trinajstić information content (AvgIpc) is 3.33. The summed E-state index contributed by atoms with van der Waals surface area (Å²) < 4.78 is 7.18. The van der Waals surface area contributed by atoms with Crippen molar-refractivity contribution in [2.75, 3.05) is 17.7 Å². The maximum atomic E-state index is 13.2. The van der Waals surface area contributed by atoms with Crippen LogP contribution in [0.15, 0.2) is 91.1 Å². The molecule has 1 atom stereocenters. The number of fused-ring (bicyclic) bond motifs is 1. The maximum Gasteiger partial charge on any atom is 0.261 e. The average molecular weight is 451 g/mol. The summed E-state index contributed by atoms with van der Waals surface area (Å²) in [5, 5.41) is 11.0. The van der Waals surface area contributed by atoms with Crippen molar-refractivity contribution in [3.05, 3.63) is 113 Å². The van der Waals surface area contributed by atoms with Crippen molar-refractivity contribution in [1.82, 2.24) is 9.78 Å². The number of aryl methyl sites for hydroxylation is 1. The first kappa shape index (κ1) is 21.5. The number of carbonyl (C=O) groups is 1. The zero-order valence-corrected chi connectivity index (χ0v) is 19.2. The molecule has 0 spiro atoms. The van der Waals surface area contributed by atoms with Gasteiger partial charge in [0.1, 0.15) is 17.1 Å². The number of hydrogen-bond acceptors (Lipinski definition) is 4. The number of nitrogens with zero attached hydrogens (tertiary/aromatic N) is 2. The number of rotatable bonds is 6. The Hall–Kier alpha value is -4.32. The zero-order chi connectivity index (χ0) is 23.5. The van der Waals surface area contributed by atoms with E-state index in [1.807, 2.05) is 59.3 Å². The smallest absolute Gasteiger partial charge is 0.261 e. The molecular formula is C28H26N4O2. The molecule has 5 rings (SSSR count). The summed E-state index contributed by atoms with van der Waals surface area (Å²) in [6.07, 6.45) is 4.74. The van der Waals surface area contributed by atoms with Gasteiger partial charge in [0.05, 0.1) is 19.3 Å². The van der Waals surface area contributed by atoms with E-state index in [0.717, 1.165) is 34.7 Å². The van der Waals surface area contributed by atoms with Gasteiger partial charge in [-0.15, -0.1) is 0 Å². The van der Waals surface area contributed by atoms with Gasteiger partial charge in [0.2, 0.25) is 0 Å². The standard InChI is InChI=1S/C28H26N4O2/c1-3-19-9-11-20(12-10-19)25-17-26(21-13-15-23(34-2)16-14-21)32-27(31-25)24(18-29-32)28(33)30-22-7-5-4-6-8-22/h4-18,26,31H,3H2,1-2H3,(H,30,33)/t26-/m0/s1. The number of carbonyl (C=O) groups excluding carboxylic acids is 1. The minimum absolute atomic E-state index is 0.179. The Balaban J connectivity index is 1.55. The number of methoxy groups -OCH3 is 1. The fraction of sp³-hybridized carbons (Fsp3) is 0.143. The number of anilines is 2. The third-order valence-electron chi connectivity index (χ3n) is 6.04. The van der Waals surface area contributed by atoms with E-state index >= 15 is 0 Å². The molecule has 2 heterocycles. The number of para-hydroxylation sites is 1. The van der Waals surface area contributed by atoms with Crippen LogP contribution in [0.25, 0.3) is 5.70 Å². The van der Waals surface area contributed by atoms with Crippen LogP contribution in [0.2, 0.25) is 0 Å². The molecule has 2 N–H and O–H groups in total. The molecule has 0 radical (unpaired) electrons. The molecule has 4 aromatic rings. The SMILES string of the molecule is CCc1ccc(C2=C[C@@H](c3ccc(OC)cc3)n3ncc(C(=O)Nc4ccccc4)c3N2)cc1. The molecular weight excluding hydrogens is 424 g/mol. The van der Waals surface area contributed by atoms with Gasteiger partial charge in [-0.3, -0.25) is 4.79 Å². The van der Waals surface area contributed by atoms with Gasteiger partial charge in [0.15, 0.2) is 0 Å². The Morgan fingerprint density at radius 2 is 1.76 bits per heavy atom. The molecule has 1 aliphatic heterocycles. The van der Waals surface area contributed by atoms with Gasteiger partial charge >= 0.3 is 0 Å². The zero-order valence-electron chi connectivity index (χ0n) is 19.2. The third-order valence-corrected chi connectivity index (χ3v) is 6.04. The molecule has 0 fully saturated rings. The van der Waals surface area contributed by atoms with Gasteiger partial charge in [0.25, 0.3) is 5.91 Å². The highest BCUT2D eigenvalue weighted by Gasteiger charge is 2.28. The Bertz CT molecular complexity index is 1320. The summed E-state index contributed by atoms with van der Waals surface area (Å²) in [5.41, 5.74) is 5.53. The lowest BCUT2D eigenvalue weighted by atomic mass is 10.00. The van der Waals surface area contributed by atoms with E-state index in [1.54, 1.807) is 13.3 Å². The number of benzene rings is 3. The molecule has 0 saturated heterocycles. The van der Waals surface area contributed by atoms with Gasteiger partial charge in [-0.1, -0.05) is 61.5 Å². The highest BCUT2D eigenvalue weighted by atomic mass is 16.5. The van der Waals surface area contributed by atoms with Crippen LogP contribution in [-0.2, 0) is 6.42 Å². The monoisotopic (exact) mass is 450 g/mol. The predicted octanol–water partition coefficient (Wildman–Crippen LogP) is 5.76. The minimum Gasteiger partial charge on any atom is -0.497 e. The number of hydrogen-bond donors (Lipinski definition) is 2. The fourth-order valence-corrected chi connectivity index (χ4v) is 4.11. The topological polar surface area (TPSA) is 68.2 Å².